The van der Waals surface area contributed by atoms with E-state index >= 15 is 0 Å². The highest BCUT2D eigenvalue weighted by molar-refractivity contribution is 7.90. The molecule has 0 aliphatic rings. The van der Waals surface area contributed by atoms with E-state index < -0.39 is 9.84 Å². The molecule has 0 atom stereocenters. The van der Waals surface area contributed by atoms with Crippen molar-refractivity contribution in [3.63, 3.8) is 0 Å². The van der Waals surface area contributed by atoms with Crippen LogP contribution in [0.1, 0.15) is 27.2 Å². The van der Waals surface area contributed by atoms with E-state index in [2.05, 4.69) is 26.1 Å². The average Bonchev–Trinajstić information content (AvgIpc) is 1.97. The summed E-state index contributed by atoms with van der Waals surface area (Å²) in [6.45, 7) is 7.90. The first kappa shape index (κ1) is 12.9. The van der Waals surface area contributed by atoms with Crippen molar-refractivity contribution in [2.75, 3.05) is 25.1 Å². The van der Waals surface area contributed by atoms with Crippen molar-refractivity contribution in [3.05, 3.63) is 0 Å². The van der Waals surface area contributed by atoms with Crippen LogP contribution in [0, 0.1) is 5.41 Å². The van der Waals surface area contributed by atoms with Crippen molar-refractivity contribution >= 4 is 9.84 Å². The van der Waals surface area contributed by atoms with Gasteiger partial charge in [0, 0.05) is 19.3 Å². The monoisotopic (exact) mass is 207 g/mol. The van der Waals surface area contributed by atoms with Crippen molar-refractivity contribution in [1.82, 2.24) is 5.32 Å². The molecule has 0 amide bonds. The fraction of sp³-hybridized carbons (Fsp3) is 1.00. The van der Waals surface area contributed by atoms with E-state index in [-0.39, 0.29) is 11.2 Å². The van der Waals surface area contributed by atoms with Crippen LogP contribution in [-0.4, -0.2) is 33.5 Å². The maximum Gasteiger partial charge on any atom is 0.148 e. The summed E-state index contributed by atoms with van der Waals surface area (Å²) in [6, 6.07) is 0. The van der Waals surface area contributed by atoms with Gasteiger partial charge in [-0.2, -0.15) is 0 Å². The summed E-state index contributed by atoms with van der Waals surface area (Å²) >= 11 is 0. The van der Waals surface area contributed by atoms with Crippen molar-refractivity contribution in [1.29, 1.82) is 0 Å². The van der Waals surface area contributed by atoms with Gasteiger partial charge >= 0.3 is 0 Å². The van der Waals surface area contributed by atoms with Gasteiger partial charge in [0.1, 0.15) is 9.84 Å². The van der Waals surface area contributed by atoms with E-state index in [0.29, 0.717) is 6.54 Å². The summed E-state index contributed by atoms with van der Waals surface area (Å²) in [7, 11) is -2.81. The Bertz CT molecular complexity index is 232. The van der Waals surface area contributed by atoms with E-state index in [1.54, 1.807) is 0 Å². The maximum absolute atomic E-state index is 10.8. The summed E-state index contributed by atoms with van der Waals surface area (Å²) in [5.74, 6) is 0.229. The molecule has 0 bridgehead atoms. The van der Waals surface area contributed by atoms with Gasteiger partial charge in [0.2, 0.25) is 0 Å². The van der Waals surface area contributed by atoms with Crippen LogP contribution in [0.2, 0.25) is 0 Å². The van der Waals surface area contributed by atoms with Crippen LogP contribution in [0.25, 0.3) is 0 Å². The molecule has 0 aromatic heterocycles. The number of nitrogens with one attached hydrogen (secondary N) is 1. The summed E-state index contributed by atoms with van der Waals surface area (Å²) < 4.78 is 21.6. The third-order valence-electron chi connectivity index (χ3n) is 2.21. The van der Waals surface area contributed by atoms with Gasteiger partial charge in [-0.15, -0.1) is 0 Å². The summed E-state index contributed by atoms with van der Waals surface area (Å²) in [5.41, 5.74) is 0.261. The first-order chi connectivity index (χ1) is 5.77. The van der Waals surface area contributed by atoms with Crippen molar-refractivity contribution in [3.8, 4) is 0 Å². The highest BCUT2D eigenvalue weighted by Gasteiger charge is 2.14. The summed E-state index contributed by atoms with van der Waals surface area (Å²) in [4.78, 5) is 0. The highest BCUT2D eigenvalue weighted by Crippen LogP contribution is 2.17. The highest BCUT2D eigenvalue weighted by atomic mass is 32.2. The molecule has 13 heavy (non-hydrogen) atoms. The minimum atomic E-state index is -2.81. The maximum atomic E-state index is 10.8. The minimum absolute atomic E-state index is 0.229. The molecule has 0 aromatic rings. The zero-order valence-corrected chi connectivity index (χ0v) is 9.87. The van der Waals surface area contributed by atoms with Crippen LogP contribution in [-0.2, 0) is 9.84 Å². The van der Waals surface area contributed by atoms with Crippen molar-refractivity contribution in [2.45, 2.75) is 27.2 Å². The Morgan fingerprint density at radius 2 is 1.85 bits per heavy atom. The normalized spacial score (nSPS) is 13.2. The standard InChI is InChI=1S/C9H21NO2S/c1-5-9(2,3)8-10-6-7-13(4,11)12/h10H,5-8H2,1-4H3. The van der Waals surface area contributed by atoms with Gasteiger partial charge in [-0.05, 0) is 11.8 Å². The first-order valence-corrected chi connectivity index (χ1v) is 6.71. The van der Waals surface area contributed by atoms with Gasteiger partial charge < -0.3 is 5.32 Å². The number of hydrogen-bond acceptors (Lipinski definition) is 3. The SMILES string of the molecule is CCC(C)(C)CNCCS(C)(=O)=O. The Morgan fingerprint density at radius 1 is 1.31 bits per heavy atom. The van der Waals surface area contributed by atoms with Gasteiger partial charge in [0.15, 0.2) is 0 Å². The van der Waals surface area contributed by atoms with E-state index in [1.165, 1.54) is 6.26 Å². The van der Waals surface area contributed by atoms with Crippen LogP contribution in [0.4, 0.5) is 0 Å². The molecule has 80 valence electrons. The van der Waals surface area contributed by atoms with Crippen LogP contribution in [0.15, 0.2) is 0 Å². The molecule has 0 aromatic carbocycles. The zero-order chi connectivity index (χ0) is 10.5. The third kappa shape index (κ3) is 8.25. The zero-order valence-electron chi connectivity index (χ0n) is 9.05. The Hall–Kier alpha value is -0.0900. The molecular weight excluding hydrogens is 186 g/mol. The number of hydrogen-bond donors (Lipinski definition) is 1. The Balaban J connectivity index is 3.58. The van der Waals surface area contributed by atoms with Gasteiger partial charge in [-0.1, -0.05) is 20.8 Å². The van der Waals surface area contributed by atoms with Gasteiger partial charge in [0.25, 0.3) is 0 Å². The van der Waals surface area contributed by atoms with Crippen LogP contribution in [0.3, 0.4) is 0 Å². The second kappa shape index (κ2) is 4.96. The molecule has 0 spiro atoms. The van der Waals surface area contributed by atoms with Crippen LogP contribution >= 0.6 is 0 Å². The Labute approximate surface area is 81.8 Å². The lowest BCUT2D eigenvalue weighted by Gasteiger charge is -2.22. The van der Waals surface area contributed by atoms with E-state index in [1.807, 2.05) is 0 Å². The smallest absolute Gasteiger partial charge is 0.148 e. The Morgan fingerprint density at radius 3 is 2.23 bits per heavy atom. The summed E-state index contributed by atoms with van der Waals surface area (Å²) in [6.07, 6.45) is 2.36. The number of sulfone groups is 1. The fourth-order valence-electron chi connectivity index (χ4n) is 0.809. The number of rotatable bonds is 6. The molecule has 3 nitrogen and oxygen atoms in total. The quantitative estimate of drug-likeness (QED) is 0.662. The predicted molar refractivity (Wildman–Crippen MR) is 56.7 cm³/mol. The molecule has 0 rings (SSSR count). The van der Waals surface area contributed by atoms with Crippen molar-refractivity contribution in [2.24, 2.45) is 5.41 Å². The molecule has 0 aliphatic carbocycles. The minimum Gasteiger partial charge on any atom is -0.315 e. The lowest BCUT2D eigenvalue weighted by Crippen LogP contribution is -2.32. The van der Waals surface area contributed by atoms with Crippen LogP contribution < -0.4 is 5.32 Å². The van der Waals surface area contributed by atoms with Gasteiger partial charge in [0.05, 0.1) is 5.75 Å². The molecule has 0 saturated heterocycles. The predicted octanol–water partition coefficient (Wildman–Crippen LogP) is 1.06. The average molecular weight is 207 g/mol. The Kier molecular flexibility index (Phi) is 4.92. The molecule has 0 heterocycles. The second-order valence-corrected chi connectivity index (χ2v) is 6.58. The first-order valence-electron chi connectivity index (χ1n) is 4.65. The van der Waals surface area contributed by atoms with Crippen LogP contribution in [0.5, 0.6) is 0 Å². The van der Waals surface area contributed by atoms with E-state index in [4.69, 9.17) is 0 Å². The van der Waals surface area contributed by atoms with Gasteiger partial charge in [-0.3, -0.25) is 0 Å². The topological polar surface area (TPSA) is 46.2 Å². The molecule has 0 saturated carbocycles. The van der Waals surface area contributed by atoms with Gasteiger partial charge in [-0.25, -0.2) is 8.42 Å². The molecule has 1 N–H and O–H groups in total. The second-order valence-electron chi connectivity index (χ2n) is 4.32. The molecular formula is C9H21NO2S. The molecule has 0 aliphatic heterocycles. The lowest BCUT2D eigenvalue weighted by atomic mass is 9.90. The molecule has 0 unspecified atom stereocenters. The largest absolute Gasteiger partial charge is 0.315 e. The lowest BCUT2D eigenvalue weighted by molar-refractivity contribution is 0.332. The molecule has 0 radical (unpaired) electrons. The fourth-order valence-corrected chi connectivity index (χ4v) is 1.32. The van der Waals surface area contributed by atoms with E-state index in [9.17, 15) is 8.42 Å². The molecule has 4 heteroatoms. The summed E-state index contributed by atoms with van der Waals surface area (Å²) in [5, 5.41) is 3.15. The molecule has 0 fully saturated rings. The third-order valence-corrected chi connectivity index (χ3v) is 3.16. The van der Waals surface area contributed by atoms with Crippen molar-refractivity contribution < 1.29 is 8.42 Å². The van der Waals surface area contributed by atoms with E-state index in [0.717, 1.165) is 13.0 Å².